The van der Waals surface area contributed by atoms with Crippen LogP contribution in [0.4, 0.5) is 5.69 Å². The molecule has 0 saturated carbocycles. The molecule has 0 radical (unpaired) electrons. The second kappa shape index (κ2) is 4.49. The summed E-state index contributed by atoms with van der Waals surface area (Å²) in [7, 11) is 0. The van der Waals surface area contributed by atoms with Gasteiger partial charge in [0, 0.05) is 22.8 Å². The Morgan fingerprint density at radius 1 is 1.38 bits per heavy atom. The fraction of sp³-hybridized carbons (Fsp3) is 0.308. The van der Waals surface area contributed by atoms with Crippen molar-refractivity contribution in [3.8, 4) is 0 Å². The van der Waals surface area contributed by atoms with Gasteiger partial charge in [0.05, 0.1) is 12.1 Å². The van der Waals surface area contributed by atoms with Crippen molar-refractivity contribution in [1.29, 1.82) is 0 Å². The van der Waals surface area contributed by atoms with Crippen LogP contribution in [0.1, 0.15) is 12.6 Å². The van der Waals surface area contributed by atoms with Gasteiger partial charge in [0.15, 0.2) is 0 Å². The zero-order valence-corrected chi connectivity index (χ0v) is 9.57. The molecule has 0 aliphatic carbocycles. The molecule has 0 bridgehead atoms. The van der Waals surface area contributed by atoms with E-state index in [-0.39, 0.29) is 12.6 Å². The van der Waals surface area contributed by atoms with Gasteiger partial charge in [0.1, 0.15) is 0 Å². The van der Waals surface area contributed by atoms with Crippen molar-refractivity contribution >= 4 is 16.6 Å². The van der Waals surface area contributed by atoms with E-state index in [9.17, 15) is 0 Å². The van der Waals surface area contributed by atoms with Gasteiger partial charge in [0.2, 0.25) is 0 Å². The van der Waals surface area contributed by atoms with Gasteiger partial charge < -0.3 is 10.4 Å². The SMILES string of the molecule is Cc1cc(NC(C)CO)c2ccccc2n1. The van der Waals surface area contributed by atoms with Crippen molar-refractivity contribution in [2.24, 2.45) is 0 Å². The Morgan fingerprint density at radius 2 is 2.12 bits per heavy atom. The maximum absolute atomic E-state index is 9.06. The van der Waals surface area contributed by atoms with Crippen LogP contribution in [0.2, 0.25) is 0 Å². The van der Waals surface area contributed by atoms with Gasteiger partial charge in [0.25, 0.3) is 0 Å². The molecule has 2 N–H and O–H groups in total. The van der Waals surface area contributed by atoms with Crippen LogP contribution < -0.4 is 5.32 Å². The fourth-order valence-electron chi connectivity index (χ4n) is 1.74. The highest BCUT2D eigenvalue weighted by Gasteiger charge is 2.05. The molecule has 0 fully saturated rings. The lowest BCUT2D eigenvalue weighted by Gasteiger charge is -2.15. The second-order valence-corrected chi connectivity index (χ2v) is 4.06. The third-order valence-corrected chi connectivity index (χ3v) is 2.52. The number of hydrogen-bond donors (Lipinski definition) is 2. The molecule has 84 valence electrons. The number of aryl methyl sites for hydroxylation is 1. The summed E-state index contributed by atoms with van der Waals surface area (Å²) in [6, 6.07) is 10.1. The first-order chi connectivity index (χ1) is 7.70. The molecule has 1 atom stereocenters. The van der Waals surface area contributed by atoms with Crippen molar-refractivity contribution in [3.63, 3.8) is 0 Å². The van der Waals surface area contributed by atoms with Gasteiger partial charge in [-0.3, -0.25) is 4.98 Å². The zero-order valence-electron chi connectivity index (χ0n) is 9.57. The molecule has 0 amide bonds. The number of pyridine rings is 1. The third-order valence-electron chi connectivity index (χ3n) is 2.52. The summed E-state index contributed by atoms with van der Waals surface area (Å²) in [6.07, 6.45) is 0. The summed E-state index contributed by atoms with van der Waals surface area (Å²) in [5.74, 6) is 0. The maximum Gasteiger partial charge on any atom is 0.0725 e. The lowest BCUT2D eigenvalue weighted by molar-refractivity contribution is 0.281. The first kappa shape index (κ1) is 10.9. The average Bonchev–Trinajstić information content (AvgIpc) is 2.28. The molecule has 1 aromatic heterocycles. The average molecular weight is 216 g/mol. The zero-order chi connectivity index (χ0) is 11.5. The lowest BCUT2D eigenvalue weighted by Crippen LogP contribution is -2.19. The summed E-state index contributed by atoms with van der Waals surface area (Å²) in [4.78, 5) is 4.47. The number of benzene rings is 1. The summed E-state index contributed by atoms with van der Waals surface area (Å²) in [5.41, 5.74) is 2.99. The van der Waals surface area contributed by atoms with E-state index in [0.29, 0.717) is 0 Å². The molecule has 0 aliphatic heterocycles. The van der Waals surface area contributed by atoms with Crippen LogP contribution >= 0.6 is 0 Å². The van der Waals surface area contributed by atoms with Crippen LogP contribution in [-0.4, -0.2) is 22.7 Å². The molecule has 1 unspecified atom stereocenters. The molecule has 0 saturated heterocycles. The number of anilines is 1. The highest BCUT2D eigenvalue weighted by molar-refractivity contribution is 5.91. The van der Waals surface area contributed by atoms with E-state index in [0.717, 1.165) is 22.3 Å². The van der Waals surface area contributed by atoms with Gasteiger partial charge in [-0.15, -0.1) is 0 Å². The van der Waals surface area contributed by atoms with Gasteiger partial charge in [-0.2, -0.15) is 0 Å². The molecule has 1 heterocycles. The van der Waals surface area contributed by atoms with Gasteiger partial charge in [-0.1, -0.05) is 18.2 Å². The van der Waals surface area contributed by atoms with Crippen LogP contribution in [-0.2, 0) is 0 Å². The van der Waals surface area contributed by atoms with E-state index in [4.69, 9.17) is 5.11 Å². The molecule has 16 heavy (non-hydrogen) atoms. The standard InChI is InChI=1S/C13H16N2O/c1-9-7-13(15-10(2)8-16)11-5-3-4-6-12(11)14-9/h3-7,10,16H,8H2,1-2H3,(H,14,15). The summed E-state index contributed by atoms with van der Waals surface area (Å²) >= 11 is 0. The smallest absolute Gasteiger partial charge is 0.0725 e. The number of para-hydroxylation sites is 1. The number of aliphatic hydroxyl groups is 1. The number of nitrogens with one attached hydrogen (secondary N) is 1. The number of nitrogens with zero attached hydrogens (tertiary/aromatic N) is 1. The fourth-order valence-corrected chi connectivity index (χ4v) is 1.74. The quantitative estimate of drug-likeness (QED) is 0.827. The molecule has 0 aliphatic rings. The molecule has 1 aromatic carbocycles. The third kappa shape index (κ3) is 2.14. The predicted molar refractivity (Wildman–Crippen MR) is 66.7 cm³/mol. The highest BCUT2D eigenvalue weighted by Crippen LogP contribution is 2.23. The van der Waals surface area contributed by atoms with Crippen molar-refractivity contribution in [2.45, 2.75) is 19.9 Å². The van der Waals surface area contributed by atoms with E-state index in [1.807, 2.05) is 44.2 Å². The highest BCUT2D eigenvalue weighted by atomic mass is 16.3. The Bertz CT molecular complexity index is 496. The van der Waals surface area contributed by atoms with Crippen molar-refractivity contribution < 1.29 is 5.11 Å². The van der Waals surface area contributed by atoms with Crippen LogP contribution in [0.3, 0.4) is 0 Å². The molecule has 2 rings (SSSR count). The Balaban J connectivity index is 2.50. The van der Waals surface area contributed by atoms with Crippen LogP contribution in [0.25, 0.3) is 10.9 Å². The van der Waals surface area contributed by atoms with Crippen molar-refractivity contribution in [1.82, 2.24) is 4.98 Å². The summed E-state index contributed by atoms with van der Waals surface area (Å²) < 4.78 is 0. The van der Waals surface area contributed by atoms with E-state index >= 15 is 0 Å². The van der Waals surface area contributed by atoms with Crippen LogP contribution in [0, 0.1) is 6.92 Å². The van der Waals surface area contributed by atoms with E-state index < -0.39 is 0 Å². The van der Waals surface area contributed by atoms with Crippen molar-refractivity contribution in [3.05, 3.63) is 36.0 Å². The minimum absolute atomic E-state index is 0.0465. The number of rotatable bonds is 3. The number of hydrogen-bond acceptors (Lipinski definition) is 3. The Hall–Kier alpha value is -1.61. The van der Waals surface area contributed by atoms with E-state index in [2.05, 4.69) is 10.3 Å². The first-order valence-corrected chi connectivity index (χ1v) is 5.44. The minimum atomic E-state index is 0.0465. The largest absolute Gasteiger partial charge is 0.394 e. The molecular formula is C13H16N2O. The Morgan fingerprint density at radius 3 is 2.88 bits per heavy atom. The molecular weight excluding hydrogens is 200 g/mol. The van der Waals surface area contributed by atoms with Gasteiger partial charge >= 0.3 is 0 Å². The van der Waals surface area contributed by atoms with Crippen LogP contribution in [0.5, 0.6) is 0 Å². The maximum atomic E-state index is 9.06. The summed E-state index contributed by atoms with van der Waals surface area (Å²) in [6.45, 7) is 4.04. The van der Waals surface area contributed by atoms with Gasteiger partial charge in [-0.05, 0) is 26.0 Å². The normalized spacial score (nSPS) is 12.7. The topological polar surface area (TPSA) is 45.1 Å². The first-order valence-electron chi connectivity index (χ1n) is 5.44. The monoisotopic (exact) mass is 216 g/mol. The Labute approximate surface area is 95.1 Å². The van der Waals surface area contributed by atoms with E-state index in [1.54, 1.807) is 0 Å². The van der Waals surface area contributed by atoms with E-state index in [1.165, 1.54) is 0 Å². The van der Waals surface area contributed by atoms with Crippen molar-refractivity contribution in [2.75, 3.05) is 11.9 Å². The number of fused-ring (bicyclic) bond motifs is 1. The number of aliphatic hydroxyl groups excluding tert-OH is 1. The lowest BCUT2D eigenvalue weighted by atomic mass is 10.1. The van der Waals surface area contributed by atoms with Crippen LogP contribution in [0.15, 0.2) is 30.3 Å². The molecule has 2 aromatic rings. The molecule has 3 nitrogen and oxygen atoms in total. The minimum Gasteiger partial charge on any atom is -0.394 e. The predicted octanol–water partition coefficient (Wildman–Crippen LogP) is 2.34. The molecule has 0 spiro atoms. The second-order valence-electron chi connectivity index (χ2n) is 4.06. The molecule has 3 heteroatoms. The van der Waals surface area contributed by atoms with Gasteiger partial charge in [-0.25, -0.2) is 0 Å². The summed E-state index contributed by atoms with van der Waals surface area (Å²) in [5, 5.41) is 13.4. The number of aromatic nitrogens is 1. The Kier molecular flexibility index (Phi) is 3.06.